The molecule has 2 atom stereocenters. The molecule has 2 heterocycles. The second-order valence-corrected chi connectivity index (χ2v) is 24.0. The van der Waals surface area contributed by atoms with E-state index in [9.17, 15) is 35.6 Å². The van der Waals surface area contributed by atoms with E-state index in [2.05, 4.69) is 38.8 Å². The first-order valence-electron chi connectivity index (χ1n) is 30.4. The molecule has 0 saturated heterocycles. The minimum atomic E-state index is -3.02. The van der Waals surface area contributed by atoms with Gasteiger partial charge >= 0.3 is 13.2 Å². The fourth-order valence-electron chi connectivity index (χ4n) is 9.53. The third-order valence-corrected chi connectivity index (χ3v) is 16.9. The van der Waals surface area contributed by atoms with Crippen LogP contribution >= 0.6 is 0 Å². The molecule has 494 valence electrons. The molecule has 0 bridgehead atoms. The number of amides is 2. The second kappa shape index (κ2) is 36.5. The van der Waals surface area contributed by atoms with Crippen molar-refractivity contribution in [2.45, 2.75) is 115 Å². The maximum Gasteiger partial charge on any atom is 0.387 e. The molecule has 2 amide bonds. The Hall–Kier alpha value is -8.57. The third-order valence-electron chi connectivity index (χ3n) is 14.3. The van der Waals surface area contributed by atoms with Crippen LogP contribution in [0.3, 0.4) is 0 Å². The predicted molar refractivity (Wildman–Crippen MR) is 359 cm³/mol. The quantitative estimate of drug-likeness (QED) is 0.0223. The molecule has 0 spiro atoms. The number of benzene rings is 6. The van der Waals surface area contributed by atoms with Crippen LogP contribution < -0.4 is 29.6 Å². The summed E-state index contributed by atoms with van der Waals surface area (Å²) < 4.78 is 116. The molecular formula is C70H84F4N6O10S2. The Morgan fingerprint density at radius 2 is 0.967 bits per heavy atom. The zero-order valence-electron chi connectivity index (χ0n) is 52.8. The van der Waals surface area contributed by atoms with Crippen molar-refractivity contribution < 1.29 is 66.8 Å². The van der Waals surface area contributed by atoms with Crippen LogP contribution in [0.25, 0.3) is 34.4 Å². The smallest absolute Gasteiger partial charge is 0.387 e. The number of carbonyl (C=O) groups excluding carboxylic acids is 2. The maximum absolute atomic E-state index is 13.1. The number of hydrogen-bond acceptors (Lipinski definition) is 11. The first-order chi connectivity index (χ1) is 44.5. The van der Waals surface area contributed by atoms with Crippen molar-refractivity contribution in [3.8, 4) is 45.3 Å². The highest BCUT2D eigenvalue weighted by Gasteiger charge is 2.19. The summed E-state index contributed by atoms with van der Waals surface area (Å²) >= 11 is 0. The van der Waals surface area contributed by atoms with E-state index in [1.54, 1.807) is 79.1 Å². The highest BCUT2D eigenvalue weighted by molar-refractivity contribution is 7.84. The molecule has 0 saturated carbocycles. The Morgan fingerprint density at radius 3 is 1.38 bits per heavy atom. The van der Waals surface area contributed by atoms with E-state index in [-0.39, 0.29) is 14.4 Å². The monoisotopic (exact) mass is 1310 g/mol. The summed E-state index contributed by atoms with van der Waals surface area (Å²) in [5, 5.41) is 5.51. The van der Waals surface area contributed by atoms with Crippen molar-refractivity contribution in [2.75, 3.05) is 50.3 Å². The van der Waals surface area contributed by atoms with E-state index in [1.807, 2.05) is 87.8 Å². The lowest BCUT2D eigenvalue weighted by Crippen LogP contribution is -2.29. The average molecular weight is 1310 g/mol. The zero-order valence-corrected chi connectivity index (χ0v) is 54.5. The van der Waals surface area contributed by atoms with Gasteiger partial charge in [-0.25, -0.2) is 4.98 Å². The number of carbonyl (C=O) groups is 2. The van der Waals surface area contributed by atoms with E-state index in [0.29, 0.717) is 94.9 Å². The van der Waals surface area contributed by atoms with Crippen LogP contribution in [-0.4, -0.2) is 92.0 Å². The summed E-state index contributed by atoms with van der Waals surface area (Å²) in [4.78, 5) is 31.1. The molecule has 6 aromatic carbocycles. The number of nitrogens with one attached hydrogen (secondary N) is 2. The van der Waals surface area contributed by atoms with Crippen LogP contribution in [0.15, 0.2) is 162 Å². The molecule has 0 unspecified atom stereocenters. The van der Waals surface area contributed by atoms with E-state index in [4.69, 9.17) is 28.4 Å². The molecule has 0 fully saturated rings. The highest BCUT2D eigenvalue weighted by Crippen LogP contribution is 2.33. The van der Waals surface area contributed by atoms with E-state index in [1.165, 1.54) is 36.4 Å². The minimum Gasteiger partial charge on any atom is -0.491 e. The van der Waals surface area contributed by atoms with Gasteiger partial charge < -0.3 is 43.6 Å². The van der Waals surface area contributed by atoms with E-state index >= 15 is 0 Å². The molecule has 0 aliphatic carbocycles. The van der Waals surface area contributed by atoms with Gasteiger partial charge in [-0.1, -0.05) is 64.1 Å². The Kier molecular flexibility index (Phi) is 28.1. The Morgan fingerprint density at radius 1 is 0.543 bits per heavy atom. The van der Waals surface area contributed by atoms with E-state index in [0.717, 1.165) is 83.8 Å². The Labute approximate surface area is 543 Å². The molecule has 8 rings (SSSR count). The molecule has 2 N–H and O–H groups in total. The van der Waals surface area contributed by atoms with Crippen LogP contribution in [0.4, 0.5) is 28.9 Å². The molecule has 16 nitrogen and oxygen atoms in total. The van der Waals surface area contributed by atoms with Gasteiger partial charge in [-0.05, 0) is 171 Å². The van der Waals surface area contributed by atoms with Crippen molar-refractivity contribution in [2.24, 2.45) is 7.05 Å². The van der Waals surface area contributed by atoms with Gasteiger partial charge in [0, 0.05) is 80.6 Å². The van der Waals surface area contributed by atoms with Crippen LogP contribution in [0, 0.1) is 13.8 Å². The van der Waals surface area contributed by atoms with Gasteiger partial charge in [-0.15, -0.1) is 0 Å². The van der Waals surface area contributed by atoms with Crippen LogP contribution in [-0.2, 0) is 72.3 Å². The van der Waals surface area contributed by atoms with Gasteiger partial charge in [0.15, 0.2) is 0 Å². The van der Waals surface area contributed by atoms with Gasteiger partial charge in [0.25, 0.3) is 0 Å². The number of rotatable bonds is 34. The number of aryl methyl sites for hydroxylation is 2. The fraction of sp³-hybridized carbons (Fsp3) is 0.329. The van der Waals surface area contributed by atoms with Gasteiger partial charge in [0.05, 0.1) is 75.4 Å². The van der Waals surface area contributed by atoms with Gasteiger partial charge in [0.2, 0.25) is 11.8 Å². The first-order valence-corrected chi connectivity index (χ1v) is 33.1. The number of aromatic nitrogens is 4. The van der Waals surface area contributed by atoms with Gasteiger partial charge in [0.1, 0.15) is 36.2 Å². The lowest BCUT2D eigenvalue weighted by molar-refractivity contribution is -0.112. The van der Waals surface area contributed by atoms with Crippen LogP contribution in [0.5, 0.6) is 23.0 Å². The standard InChI is InChI=1S/C35H41F2N3O5S.C35H39F2N3O5S.2H2/c1-5-19-40-32(25(3)39(40)4)24-46(42)31-15-11-29(12-16-31)38-34(41)18-10-28-23-27(9-17-33(28)45-35(36)37)26-7-13-30(14-8-26)44-22-21-43-20-6-2;1-4-18-40-24-38-25(3)32(40)23-46(42)31-14-10-29(11-15-31)39-34(41)17-9-28-22-27(8-16-33(28)45-35(36)37)26-6-12-30(13-7-26)44-21-20-43-19-5-2;;/h7-18,23,35H,5-6,19-22,24H2,1-4H3,(H,38,41);6-17,22,24,35H,4-5,18-21,23H2,1-3H3,(H,39,41);2*1H/b18-10+;17-9+;;/t2*46-;;/m01../s1. The third kappa shape index (κ3) is 21.5. The number of alkyl halides is 4. The Bertz CT molecular complexity index is 3750. The van der Waals surface area contributed by atoms with Crippen molar-refractivity contribution in [1.29, 1.82) is 0 Å². The molecule has 22 heteroatoms. The van der Waals surface area contributed by atoms with Crippen molar-refractivity contribution in [1.82, 2.24) is 18.9 Å². The summed E-state index contributed by atoms with van der Waals surface area (Å²) in [6.45, 7) is 11.1. The van der Waals surface area contributed by atoms with Crippen molar-refractivity contribution >= 4 is 56.9 Å². The fourth-order valence-corrected chi connectivity index (χ4v) is 12.0. The number of anilines is 2. The van der Waals surface area contributed by atoms with Gasteiger partial charge in [-0.2, -0.15) is 17.6 Å². The maximum atomic E-state index is 13.1. The Balaban J connectivity index is 0.000000333. The number of nitrogens with zero attached hydrogens (tertiary/aromatic N) is 4. The predicted octanol–water partition coefficient (Wildman–Crippen LogP) is 15.7. The number of halogens is 4. The zero-order chi connectivity index (χ0) is 65.9. The molecular weight excluding hydrogens is 1220 g/mol. The molecule has 92 heavy (non-hydrogen) atoms. The molecule has 0 radical (unpaired) electrons. The SMILES string of the molecule is CCCOCCOc1ccc(-c2ccc(OC(F)F)c(/C=C/C(=O)Nc3ccc([S@@](=O)Cc4c(C)n(C)n4CCC)cc3)c2)cc1.CCCOCCOc1ccc(-c2ccc(OC(F)F)c(/C=C/C(=O)Nc3ccc([S@](=O)Cc4c(C)ncn4CCC)cc3)c2)cc1.[HH].[HH]. The topological polar surface area (TPSA) is 175 Å². The van der Waals surface area contributed by atoms with Crippen LogP contribution in [0.2, 0.25) is 0 Å². The molecule has 0 aliphatic heterocycles. The highest BCUT2D eigenvalue weighted by atomic mass is 32.2. The summed E-state index contributed by atoms with van der Waals surface area (Å²) in [7, 11) is -0.539. The lowest BCUT2D eigenvalue weighted by atomic mass is 10.0. The van der Waals surface area contributed by atoms with Crippen molar-refractivity contribution in [3.05, 3.63) is 186 Å². The first kappa shape index (κ1) is 70.9. The average Bonchev–Trinajstić information content (AvgIpc) is 0.907. The number of hydrogen-bond donors (Lipinski definition) is 2. The van der Waals surface area contributed by atoms with Crippen LogP contribution in [0.1, 0.15) is 90.1 Å². The van der Waals surface area contributed by atoms with E-state index < -0.39 is 46.6 Å². The number of imidazole rings is 1. The second-order valence-electron chi connectivity index (χ2n) is 21.1. The molecule has 0 aliphatic rings. The summed E-state index contributed by atoms with van der Waals surface area (Å²) in [6, 6.07) is 38.0. The number of ether oxygens (including phenoxy) is 6. The minimum absolute atomic E-state index is 0. The summed E-state index contributed by atoms with van der Waals surface area (Å²) in [5.41, 5.74) is 8.78. The normalized spacial score (nSPS) is 12.1. The van der Waals surface area contributed by atoms with Gasteiger partial charge in [-0.3, -0.25) is 27.4 Å². The largest absolute Gasteiger partial charge is 0.491 e. The molecule has 8 aromatic rings. The summed E-state index contributed by atoms with van der Waals surface area (Å²) in [5.74, 6) is 1.10. The van der Waals surface area contributed by atoms with Crippen molar-refractivity contribution in [3.63, 3.8) is 0 Å². The molecule has 2 aromatic heterocycles. The summed E-state index contributed by atoms with van der Waals surface area (Å²) in [6.07, 6.45) is 11.0. The lowest BCUT2D eigenvalue weighted by Gasteiger charge is -2.28.